The van der Waals surface area contributed by atoms with Gasteiger partial charge in [0, 0.05) is 9.85 Å². The van der Waals surface area contributed by atoms with Crippen LogP contribution in [-0.4, -0.2) is 4.83 Å². The Morgan fingerprint density at radius 3 is 2.81 bits per heavy atom. The molecule has 0 spiro atoms. The van der Waals surface area contributed by atoms with Crippen LogP contribution in [-0.2, 0) is 6.42 Å². The molecule has 2 unspecified atom stereocenters. The van der Waals surface area contributed by atoms with Gasteiger partial charge in [0.2, 0.25) is 0 Å². The summed E-state index contributed by atoms with van der Waals surface area (Å²) in [6.45, 7) is 4.46. The minimum atomic E-state index is 0.424. The molecule has 1 saturated carbocycles. The summed E-state index contributed by atoms with van der Waals surface area (Å²) in [6, 6.07) is 6.41. The summed E-state index contributed by atoms with van der Waals surface area (Å²) in [7, 11) is 0. The molecule has 16 heavy (non-hydrogen) atoms. The molecule has 1 aliphatic carbocycles. The van der Waals surface area contributed by atoms with E-state index < -0.39 is 0 Å². The van der Waals surface area contributed by atoms with E-state index in [0.717, 1.165) is 11.4 Å². The molecule has 0 aromatic heterocycles. The van der Waals surface area contributed by atoms with Gasteiger partial charge in [-0.15, -0.1) is 0 Å². The SMILES string of the molecule is Cc1ccc(CC2(C)CCC(Br)C2)c(Cl)c1. The minimum Gasteiger partial charge on any atom is -0.0890 e. The molecule has 2 heteroatoms. The molecule has 0 aliphatic heterocycles. The molecule has 2 atom stereocenters. The van der Waals surface area contributed by atoms with Crippen LogP contribution in [0, 0.1) is 12.3 Å². The van der Waals surface area contributed by atoms with Gasteiger partial charge in [0.15, 0.2) is 0 Å². The highest BCUT2D eigenvalue weighted by atomic mass is 79.9. The van der Waals surface area contributed by atoms with E-state index in [1.165, 1.54) is 30.4 Å². The predicted octanol–water partition coefficient (Wildman–Crippen LogP) is 5.14. The zero-order valence-electron chi connectivity index (χ0n) is 9.89. The molecule has 0 radical (unpaired) electrons. The summed E-state index contributed by atoms with van der Waals surface area (Å²) >= 11 is 10.0. The zero-order valence-corrected chi connectivity index (χ0v) is 12.2. The Morgan fingerprint density at radius 1 is 1.50 bits per heavy atom. The number of halogens is 2. The molecule has 88 valence electrons. The molecule has 0 N–H and O–H groups in total. The summed E-state index contributed by atoms with van der Waals surface area (Å²) in [5.74, 6) is 0. The first kappa shape index (κ1) is 12.4. The van der Waals surface area contributed by atoms with Gasteiger partial charge in [-0.25, -0.2) is 0 Å². The maximum absolute atomic E-state index is 6.29. The molecule has 0 saturated heterocycles. The highest BCUT2D eigenvalue weighted by Crippen LogP contribution is 2.44. The number of hydrogen-bond acceptors (Lipinski definition) is 0. The molecular formula is C14H18BrCl. The monoisotopic (exact) mass is 300 g/mol. The van der Waals surface area contributed by atoms with Crippen LogP contribution in [0.25, 0.3) is 0 Å². The average Bonchev–Trinajstić information content (AvgIpc) is 2.52. The van der Waals surface area contributed by atoms with Crippen molar-refractivity contribution in [2.24, 2.45) is 5.41 Å². The van der Waals surface area contributed by atoms with Gasteiger partial charge in [-0.1, -0.05) is 46.6 Å². The number of benzene rings is 1. The van der Waals surface area contributed by atoms with E-state index in [9.17, 15) is 0 Å². The summed E-state index contributed by atoms with van der Waals surface area (Å²) in [6.07, 6.45) is 4.96. The summed E-state index contributed by atoms with van der Waals surface area (Å²) in [5, 5.41) is 0.930. The first-order chi connectivity index (χ1) is 7.48. The Hall–Kier alpha value is -0.0100. The van der Waals surface area contributed by atoms with Crippen molar-refractivity contribution < 1.29 is 0 Å². The first-order valence-corrected chi connectivity index (χ1v) is 7.17. The fourth-order valence-corrected chi connectivity index (χ4v) is 3.97. The number of hydrogen-bond donors (Lipinski definition) is 0. The zero-order chi connectivity index (χ0) is 11.8. The van der Waals surface area contributed by atoms with E-state index in [1.807, 2.05) is 0 Å². The van der Waals surface area contributed by atoms with Crippen LogP contribution in [0.4, 0.5) is 0 Å². The van der Waals surface area contributed by atoms with Gasteiger partial charge in [0.1, 0.15) is 0 Å². The van der Waals surface area contributed by atoms with Crippen LogP contribution in [0.3, 0.4) is 0 Å². The van der Waals surface area contributed by atoms with Crippen molar-refractivity contribution in [3.05, 3.63) is 34.3 Å². The fourth-order valence-electron chi connectivity index (χ4n) is 2.66. The van der Waals surface area contributed by atoms with E-state index in [1.54, 1.807) is 0 Å². The Kier molecular flexibility index (Phi) is 3.65. The average molecular weight is 302 g/mol. The third-order valence-corrected chi connectivity index (χ3v) is 4.73. The van der Waals surface area contributed by atoms with Gasteiger partial charge in [0.05, 0.1) is 0 Å². The van der Waals surface area contributed by atoms with Crippen molar-refractivity contribution in [1.82, 2.24) is 0 Å². The Morgan fingerprint density at radius 2 is 2.25 bits per heavy atom. The quantitative estimate of drug-likeness (QED) is 0.663. The van der Waals surface area contributed by atoms with Gasteiger partial charge in [-0.2, -0.15) is 0 Å². The molecule has 0 amide bonds. The molecule has 1 aliphatic rings. The van der Waals surface area contributed by atoms with Crippen molar-refractivity contribution in [3.63, 3.8) is 0 Å². The molecule has 2 rings (SSSR count). The molecular weight excluding hydrogens is 284 g/mol. The topological polar surface area (TPSA) is 0 Å². The lowest BCUT2D eigenvalue weighted by atomic mass is 9.82. The van der Waals surface area contributed by atoms with Gasteiger partial charge < -0.3 is 0 Å². The van der Waals surface area contributed by atoms with Gasteiger partial charge in [-0.05, 0) is 55.2 Å². The van der Waals surface area contributed by atoms with Crippen LogP contribution in [0.5, 0.6) is 0 Å². The largest absolute Gasteiger partial charge is 0.0890 e. The molecule has 0 bridgehead atoms. The second kappa shape index (κ2) is 4.70. The van der Waals surface area contributed by atoms with E-state index in [4.69, 9.17) is 11.6 Å². The predicted molar refractivity (Wildman–Crippen MR) is 74.6 cm³/mol. The second-order valence-electron chi connectivity index (χ2n) is 5.42. The Bertz CT molecular complexity index is 388. The van der Waals surface area contributed by atoms with Crippen molar-refractivity contribution >= 4 is 27.5 Å². The van der Waals surface area contributed by atoms with E-state index >= 15 is 0 Å². The summed E-state index contributed by atoms with van der Waals surface area (Å²) in [4.78, 5) is 0.696. The number of aryl methyl sites for hydroxylation is 1. The molecule has 0 heterocycles. The van der Waals surface area contributed by atoms with Crippen molar-refractivity contribution in [1.29, 1.82) is 0 Å². The minimum absolute atomic E-state index is 0.424. The third-order valence-electron chi connectivity index (χ3n) is 3.60. The Balaban J connectivity index is 2.14. The fraction of sp³-hybridized carbons (Fsp3) is 0.571. The van der Waals surface area contributed by atoms with E-state index in [-0.39, 0.29) is 0 Å². The van der Waals surface area contributed by atoms with Gasteiger partial charge in [0.25, 0.3) is 0 Å². The molecule has 1 fully saturated rings. The Labute approximate surface area is 112 Å². The second-order valence-corrected chi connectivity index (χ2v) is 7.12. The summed E-state index contributed by atoms with van der Waals surface area (Å²) < 4.78 is 0. The van der Waals surface area contributed by atoms with Crippen LogP contribution in [0.1, 0.15) is 37.3 Å². The van der Waals surface area contributed by atoms with Crippen molar-refractivity contribution in [2.45, 2.75) is 44.4 Å². The summed E-state index contributed by atoms with van der Waals surface area (Å²) in [5.41, 5.74) is 2.97. The van der Waals surface area contributed by atoms with Crippen LogP contribution >= 0.6 is 27.5 Å². The highest BCUT2D eigenvalue weighted by Gasteiger charge is 2.34. The van der Waals surface area contributed by atoms with Crippen LogP contribution < -0.4 is 0 Å². The highest BCUT2D eigenvalue weighted by molar-refractivity contribution is 9.09. The van der Waals surface area contributed by atoms with Crippen LogP contribution in [0.2, 0.25) is 5.02 Å². The maximum Gasteiger partial charge on any atom is 0.0440 e. The maximum atomic E-state index is 6.29. The lowest BCUT2D eigenvalue weighted by Gasteiger charge is -2.24. The smallest absolute Gasteiger partial charge is 0.0440 e. The van der Waals surface area contributed by atoms with Crippen molar-refractivity contribution in [2.75, 3.05) is 0 Å². The molecule has 1 aromatic rings. The lowest BCUT2D eigenvalue weighted by molar-refractivity contribution is 0.336. The van der Waals surface area contributed by atoms with Gasteiger partial charge in [-0.3, -0.25) is 0 Å². The lowest BCUT2D eigenvalue weighted by Crippen LogP contribution is -2.16. The van der Waals surface area contributed by atoms with E-state index in [0.29, 0.717) is 10.2 Å². The first-order valence-electron chi connectivity index (χ1n) is 5.88. The van der Waals surface area contributed by atoms with Crippen LogP contribution in [0.15, 0.2) is 18.2 Å². The standard InChI is InChI=1S/C14H18BrCl/c1-10-3-4-11(13(16)7-10)8-14(2)6-5-12(15)9-14/h3-4,7,12H,5-6,8-9H2,1-2H3. The van der Waals surface area contributed by atoms with E-state index in [2.05, 4.69) is 48.0 Å². The third kappa shape index (κ3) is 2.81. The normalized spacial score (nSPS) is 29.6. The number of alkyl halides is 1. The molecule has 0 nitrogen and oxygen atoms in total. The van der Waals surface area contributed by atoms with Crippen molar-refractivity contribution in [3.8, 4) is 0 Å². The number of rotatable bonds is 2. The van der Waals surface area contributed by atoms with Gasteiger partial charge >= 0.3 is 0 Å². The molecule has 1 aromatic carbocycles.